The van der Waals surface area contributed by atoms with Crippen LogP contribution < -0.4 is 4.74 Å². The fourth-order valence-corrected chi connectivity index (χ4v) is 5.46. The highest BCUT2D eigenvalue weighted by atomic mass is 32.2. The van der Waals surface area contributed by atoms with Crippen molar-refractivity contribution >= 4 is 15.9 Å². The minimum Gasteiger partial charge on any atom is -0.492 e. The van der Waals surface area contributed by atoms with Crippen LogP contribution in [0.25, 0.3) is 0 Å². The maximum atomic E-state index is 14.2. The van der Waals surface area contributed by atoms with E-state index >= 15 is 0 Å². The van der Waals surface area contributed by atoms with Crippen LogP contribution >= 0.6 is 0 Å². The van der Waals surface area contributed by atoms with Crippen molar-refractivity contribution in [2.45, 2.75) is 37.2 Å². The Bertz CT molecular complexity index is 1030. The molecule has 0 saturated carbocycles. The van der Waals surface area contributed by atoms with Crippen molar-refractivity contribution in [1.82, 2.24) is 9.21 Å². The summed E-state index contributed by atoms with van der Waals surface area (Å²) < 4.78 is 47.6. The Kier molecular flexibility index (Phi) is 5.31. The average molecular weight is 418 g/mol. The molecule has 2 aliphatic heterocycles. The maximum Gasteiger partial charge on any atom is 0.253 e. The van der Waals surface area contributed by atoms with Gasteiger partial charge in [-0.1, -0.05) is 12.1 Å². The second-order valence-electron chi connectivity index (χ2n) is 7.46. The summed E-state index contributed by atoms with van der Waals surface area (Å²) in [4.78, 5) is 14.2. The van der Waals surface area contributed by atoms with Crippen LogP contribution in [0, 0.1) is 5.82 Å². The quantitative estimate of drug-likeness (QED) is 0.769. The minimum atomic E-state index is -4.07. The normalized spacial score (nSPS) is 20.1. The summed E-state index contributed by atoms with van der Waals surface area (Å²) >= 11 is 0. The first-order chi connectivity index (χ1) is 13.9. The molecule has 2 heterocycles. The van der Waals surface area contributed by atoms with Gasteiger partial charge in [0.1, 0.15) is 23.1 Å². The van der Waals surface area contributed by atoms with Gasteiger partial charge in [0, 0.05) is 30.8 Å². The molecule has 2 aliphatic rings. The van der Waals surface area contributed by atoms with Gasteiger partial charge in [-0.25, -0.2) is 12.8 Å². The Morgan fingerprint density at radius 2 is 1.86 bits per heavy atom. The van der Waals surface area contributed by atoms with Gasteiger partial charge in [0.05, 0.1) is 6.04 Å². The second kappa shape index (κ2) is 7.76. The summed E-state index contributed by atoms with van der Waals surface area (Å²) in [7, 11) is -4.07. The average Bonchev–Trinajstić information content (AvgIpc) is 3.19. The number of carbonyl (C=O) groups excluding carboxylic acids is 1. The molecule has 1 saturated heterocycles. The minimum absolute atomic E-state index is 0.00822. The molecule has 2 aromatic rings. The second-order valence-corrected chi connectivity index (χ2v) is 9.32. The SMILES string of the molecule is C[C@H]1COc2ccc(C(=O)N3CCCC3)cc2CN1S(=O)(=O)c1ccccc1F. The summed E-state index contributed by atoms with van der Waals surface area (Å²) in [5.74, 6) is -0.310. The van der Waals surface area contributed by atoms with Crippen molar-refractivity contribution in [2.75, 3.05) is 19.7 Å². The van der Waals surface area contributed by atoms with E-state index in [9.17, 15) is 17.6 Å². The van der Waals surface area contributed by atoms with E-state index in [2.05, 4.69) is 0 Å². The summed E-state index contributed by atoms with van der Waals surface area (Å²) in [6, 6.07) is 9.96. The van der Waals surface area contributed by atoms with E-state index in [1.165, 1.54) is 22.5 Å². The van der Waals surface area contributed by atoms with E-state index < -0.39 is 21.9 Å². The third kappa shape index (κ3) is 3.74. The van der Waals surface area contributed by atoms with E-state index in [1.807, 2.05) is 0 Å². The van der Waals surface area contributed by atoms with Gasteiger partial charge < -0.3 is 9.64 Å². The number of ether oxygens (including phenoxy) is 1. The molecule has 0 bridgehead atoms. The summed E-state index contributed by atoms with van der Waals surface area (Å²) in [6.07, 6.45) is 1.98. The number of amides is 1. The maximum absolute atomic E-state index is 14.2. The first-order valence-corrected chi connectivity index (χ1v) is 11.1. The number of fused-ring (bicyclic) bond motifs is 1. The molecule has 0 aromatic heterocycles. The molecule has 29 heavy (non-hydrogen) atoms. The van der Waals surface area contributed by atoms with Gasteiger partial charge in [-0.2, -0.15) is 4.31 Å². The molecule has 1 atom stereocenters. The van der Waals surface area contributed by atoms with Crippen molar-refractivity contribution in [1.29, 1.82) is 0 Å². The number of benzene rings is 2. The van der Waals surface area contributed by atoms with Crippen LogP contribution in [0.3, 0.4) is 0 Å². The number of hydrogen-bond donors (Lipinski definition) is 0. The van der Waals surface area contributed by atoms with Crippen LogP contribution in [-0.4, -0.2) is 49.3 Å². The van der Waals surface area contributed by atoms with Crippen LogP contribution in [0.2, 0.25) is 0 Å². The van der Waals surface area contributed by atoms with Gasteiger partial charge >= 0.3 is 0 Å². The number of nitrogens with zero attached hydrogens (tertiary/aromatic N) is 2. The van der Waals surface area contributed by atoms with Crippen LogP contribution in [-0.2, 0) is 16.6 Å². The number of likely N-dealkylation sites (tertiary alicyclic amines) is 1. The van der Waals surface area contributed by atoms with E-state index in [1.54, 1.807) is 30.0 Å². The van der Waals surface area contributed by atoms with Gasteiger partial charge in [0.2, 0.25) is 10.0 Å². The Morgan fingerprint density at radius 1 is 1.14 bits per heavy atom. The van der Waals surface area contributed by atoms with E-state index in [0.29, 0.717) is 16.9 Å². The van der Waals surface area contributed by atoms with Crippen molar-refractivity contribution in [3.8, 4) is 5.75 Å². The summed E-state index contributed by atoms with van der Waals surface area (Å²) in [5, 5.41) is 0. The highest BCUT2D eigenvalue weighted by molar-refractivity contribution is 7.89. The zero-order valence-electron chi connectivity index (χ0n) is 16.2. The molecule has 0 N–H and O–H groups in total. The smallest absolute Gasteiger partial charge is 0.253 e. The molecule has 154 valence electrons. The predicted octanol–water partition coefficient (Wildman–Crippen LogP) is 3.03. The van der Waals surface area contributed by atoms with Crippen molar-refractivity contribution in [3.05, 3.63) is 59.4 Å². The van der Waals surface area contributed by atoms with Gasteiger partial charge in [-0.15, -0.1) is 0 Å². The van der Waals surface area contributed by atoms with Gasteiger partial charge in [-0.3, -0.25) is 4.79 Å². The van der Waals surface area contributed by atoms with Crippen LogP contribution in [0.15, 0.2) is 47.4 Å². The molecule has 6 nitrogen and oxygen atoms in total. The lowest BCUT2D eigenvalue weighted by Crippen LogP contribution is -2.40. The molecule has 0 spiro atoms. The molecule has 4 rings (SSSR count). The molecule has 0 unspecified atom stereocenters. The lowest BCUT2D eigenvalue weighted by atomic mass is 10.1. The number of hydrogen-bond acceptors (Lipinski definition) is 4. The Hall–Kier alpha value is -2.45. The molecule has 0 radical (unpaired) electrons. The van der Waals surface area contributed by atoms with Gasteiger partial charge in [-0.05, 0) is 50.1 Å². The standard InChI is InChI=1S/C21H23FN2O4S/c1-15-14-28-19-9-8-16(21(25)23-10-4-5-11-23)12-17(19)13-24(15)29(26,27)20-7-3-2-6-18(20)22/h2-3,6-9,12,15H,4-5,10-11,13-14H2,1H3/t15-/m0/s1. The molecule has 0 aliphatic carbocycles. The third-order valence-electron chi connectivity index (χ3n) is 5.42. The van der Waals surface area contributed by atoms with Gasteiger partial charge in [0.25, 0.3) is 5.91 Å². The number of sulfonamides is 1. The zero-order chi connectivity index (χ0) is 20.6. The van der Waals surface area contributed by atoms with Gasteiger partial charge in [0.15, 0.2) is 0 Å². The predicted molar refractivity (Wildman–Crippen MR) is 106 cm³/mol. The summed E-state index contributed by atoms with van der Waals surface area (Å²) in [6.45, 7) is 3.34. The van der Waals surface area contributed by atoms with Crippen LogP contribution in [0.5, 0.6) is 5.75 Å². The molecular weight excluding hydrogens is 395 g/mol. The molecular formula is C21H23FN2O4S. The van der Waals surface area contributed by atoms with E-state index in [0.717, 1.165) is 32.0 Å². The molecule has 2 aromatic carbocycles. The molecule has 8 heteroatoms. The lowest BCUT2D eigenvalue weighted by Gasteiger charge is -2.25. The topological polar surface area (TPSA) is 66.9 Å². The number of halogens is 1. The highest BCUT2D eigenvalue weighted by Crippen LogP contribution is 2.31. The van der Waals surface area contributed by atoms with Crippen molar-refractivity contribution < 1.29 is 22.3 Å². The zero-order valence-corrected chi connectivity index (χ0v) is 17.0. The van der Waals surface area contributed by atoms with Crippen molar-refractivity contribution in [2.24, 2.45) is 0 Å². The van der Waals surface area contributed by atoms with Crippen LogP contribution in [0.1, 0.15) is 35.7 Å². The largest absolute Gasteiger partial charge is 0.492 e. The first kappa shape index (κ1) is 19.8. The fraction of sp³-hybridized carbons (Fsp3) is 0.381. The number of carbonyl (C=O) groups is 1. The van der Waals surface area contributed by atoms with Crippen molar-refractivity contribution in [3.63, 3.8) is 0 Å². The fourth-order valence-electron chi connectivity index (χ4n) is 3.80. The summed E-state index contributed by atoms with van der Waals surface area (Å²) in [5.41, 5.74) is 1.10. The first-order valence-electron chi connectivity index (χ1n) is 9.69. The Labute approximate surface area is 169 Å². The lowest BCUT2D eigenvalue weighted by molar-refractivity contribution is 0.0792. The Morgan fingerprint density at radius 3 is 2.59 bits per heavy atom. The Balaban J connectivity index is 1.69. The number of rotatable bonds is 3. The van der Waals surface area contributed by atoms with Crippen LogP contribution in [0.4, 0.5) is 4.39 Å². The molecule has 1 fully saturated rings. The van der Waals surface area contributed by atoms with E-state index in [4.69, 9.17) is 4.74 Å². The molecule has 1 amide bonds. The monoisotopic (exact) mass is 418 g/mol. The van der Waals surface area contributed by atoms with E-state index in [-0.39, 0.29) is 24.0 Å². The third-order valence-corrected chi connectivity index (χ3v) is 7.42. The highest BCUT2D eigenvalue weighted by Gasteiger charge is 2.34.